The van der Waals surface area contributed by atoms with E-state index in [1.54, 1.807) is 6.07 Å². The first-order chi connectivity index (χ1) is 13.9. The zero-order valence-corrected chi connectivity index (χ0v) is 15.5. The molecule has 0 atom stereocenters. The second kappa shape index (κ2) is 7.95. The summed E-state index contributed by atoms with van der Waals surface area (Å²) in [6.45, 7) is 4.42. The van der Waals surface area contributed by atoms with Crippen molar-refractivity contribution < 1.29 is 22.6 Å². The van der Waals surface area contributed by atoms with Crippen LogP contribution in [0, 0.1) is 0 Å². The third-order valence-electron chi connectivity index (χ3n) is 4.69. The van der Waals surface area contributed by atoms with Gasteiger partial charge in [-0.15, -0.1) is 0 Å². The van der Waals surface area contributed by atoms with Crippen molar-refractivity contribution in [3.8, 4) is 11.4 Å². The van der Waals surface area contributed by atoms with Gasteiger partial charge in [0.25, 0.3) is 0 Å². The highest BCUT2D eigenvalue weighted by molar-refractivity contribution is 5.64. The predicted molar refractivity (Wildman–Crippen MR) is 98.5 cm³/mol. The van der Waals surface area contributed by atoms with Gasteiger partial charge in [0, 0.05) is 38.4 Å². The number of anilines is 3. The van der Waals surface area contributed by atoms with Crippen LogP contribution in [0.3, 0.4) is 0 Å². The third kappa shape index (κ3) is 4.32. The van der Waals surface area contributed by atoms with E-state index in [2.05, 4.69) is 19.9 Å². The highest BCUT2D eigenvalue weighted by atomic mass is 19.4. The van der Waals surface area contributed by atoms with Crippen LogP contribution in [0.1, 0.15) is 5.69 Å². The van der Waals surface area contributed by atoms with Gasteiger partial charge in [0.05, 0.1) is 32.0 Å². The van der Waals surface area contributed by atoms with Crippen LogP contribution in [-0.2, 0) is 15.7 Å². The van der Waals surface area contributed by atoms with E-state index in [1.807, 2.05) is 9.80 Å². The molecule has 4 rings (SSSR count). The number of hydrogen-bond donors (Lipinski definition) is 1. The molecule has 2 aromatic rings. The van der Waals surface area contributed by atoms with Gasteiger partial charge in [0.2, 0.25) is 5.95 Å². The van der Waals surface area contributed by atoms with E-state index in [1.165, 1.54) is 0 Å². The number of hydrogen-bond acceptors (Lipinski definition) is 9. The van der Waals surface area contributed by atoms with Crippen molar-refractivity contribution in [1.82, 2.24) is 19.9 Å². The van der Waals surface area contributed by atoms with Gasteiger partial charge in [0.1, 0.15) is 11.6 Å². The molecule has 0 bridgehead atoms. The Kier molecular flexibility index (Phi) is 5.37. The fourth-order valence-corrected chi connectivity index (χ4v) is 3.23. The number of ether oxygens (including phenoxy) is 2. The normalized spacial score (nSPS) is 18.2. The fourth-order valence-electron chi connectivity index (χ4n) is 3.23. The SMILES string of the molecule is Nc1ncc(-c2nc(N3CCOCC3)cc(N3CCOCC3)n2)c(C(F)(F)F)n1. The zero-order chi connectivity index (χ0) is 20.4. The smallest absolute Gasteiger partial charge is 0.378 e. The Morgan fingerprint density at radius 2 is 1.38 bits per heavy atom. The molecule has 2 N–H and O–H groups in total. The molecule has 4 heterocycles. The van der Waals surface area contributed by atoms with Crippen LogP contribution in [0.15, 0.2) is 12.3 Å². The first kappa shape index (κ1) is 19.6. The van der Waals surface area contributed by atoms with Gasteiger partial charge in [-0.3, -0.25) is 0 Å². The quantitative estimate of drug-likeness (QED) is 0.798. The van der Waals surface area contributed by atoms with Crippen molar-refractivity contribution >= 4 is 17.6 Å². The number of nitrogens with two attached hydrogens (primary N) is 1. The zero-order valence-electron chi connectivity index (χ0n) is 15.5. The standard InChI is InChI=1S/C17H20F3N7O2/c18-17(19,20)14-11(10-22-16(21)25-14)15-23-12(26-1-5-28-6-2-26)9-13(24-15)27-3-7-29-8-4-27/h9-10H,1-8H2,(H2,21,22,25). The second-order valence-electron chi connectivity index (χ2n) is 6.60. The van der Waals surface area contributed by atoms with Crippen LogP contribution in [0.2, 0.25) is 0 Å². The van der Waals surface area contributed by atoms with E-state index in [4.69, 9.17) is 15.2 Å². The number of halogens is 3. The Bertz CT molecular complexity index is 832. The molecule has 9 nitrogen and oxygen atoms in total. The molecule has 29 heavy (non-hydrogen) atoms. The molecule has 0 radical (unpaired) electrons. The van der Waals surface area contributed by atoms with Gasteiger partial charge in [-0.2, -0.15) is 13.2 Å². The van der Waals surface area contributed by atoms with Crippen LogP contribution in [0.25, 0.3) is 11.4 Å². The highest BCUT2D eigenvalue weighted by Gasteiger charge is 2.37. The Labute approximate surface area is 164 Å². The topological polar surface area (TPSA) is 103 Å². The number of morpholine rings is 2. The van der Waals surface area contributed by atoms with Crippen LogP contribution in [0.4, 0.5) is 30.8 Å². The minimum Gasteiger partial charge on any atom is -0.378 e. The Balaban J connectivity index is 1.82. The second-order valence-corrected chi connectivity index (χ2v) is 6.60. The number of rotatable bonds is 3. The summed E-state index contributed by atoms with van der Waals surface area (Å²) < 4.78 is 51.4. The van der Waals surface area contributed by atoms with Crippen LogP contribution in [0.5, 0.6) is 0 Å². The molecule has 156 valence electrons. The van der Waals surface area contributed by atoms with E-state index >= 15 is 0 Å². The van der Waals surface area contributed by atoms with Crippen LogP contribution in [-0.4, -0.2) is 72.5 Å². The monoisotopic (exact) mass is 411 g/mol. The molecule has 2 aromatic heterocycles. The molecule has 0 unspecified atom stereocenters. The number of nitrogen functional groups attached to an aromatic ring is 1. The maximum absolute atomic E-state index is 13.6. The molecular formula is C17H20F3N7O2. The van der Waals surface area contributed by atoms with E-state index in [9.17, 15) is 13.2 Å². The van der Waals surface area contributed by atoms with Gasteiger partial charge < -0.3 is 25.0 Å². The third-order valence-corrected chi connectivity index (χ3v) is 4.69. The van der Waals surface area contributed by atoms with Crippen LogP contribution < -0.4 is 15.5 Å². The van der Waals surface area contributed by atoms with Gasteiger partial charge in [0.15, 0.2) is 11.5 Å². The lowest BCUT2D eigenvalue weighted by Gasteiger charge is -2.31. The Morgan fingerprint density at radius 1 is 0.862 bits per heavy atom. The molecule has 0 spiro atoms. The van der Waals surface area contributed by atoms with E-state index < -0.39 is 17.8 Å². The summed E-state index contributed by atoms with van der Waals surface area (Å²) in [6.07, 6.45) is -3.70. The first-order valence-corrected chi connectivity index (χ1v) is 9.16. The van der Waals surface area contributed by atoms with Crippen molar-refractivity contribution in [1.29, 1.82) is 0 Å². The van der Waals surface area contributed by atoms with Gasteiger partial charge >= 0.3 is 6.18 Å². The van der Waals surface area contributed by atoms with Crippen molar-refractivity contribution in [2.75, 3.05) is 68.1 Å². The predicted octanol–water partition coefficient (Wildman–Crippen LogP) is 1.21. The molecule has 0 saturated carbocycles. The number of nitrogens with zero attached hydrogens (tertiary/aromatic N) is 6. The summed E-state index contributed by atoms with van der Waals surface area (Å²) >= 11 is 0. The molecule has 0 amide bonds. The molecule has 2 saturated heterocycles. The number of aromatic nitrogens is 4. The lowest BCUT2D eigenvalue weighted by Crippen LogP contribution is -2.39. The first-order valence-electron chi connectivity index (χ1n) is 9.16. The molecule has 0 aromatic carbocycles. The van der Waals surface area contributed by atoms with Crippen molar-refractivity contribution in [3.05, 3.63) is 18.0 Å². The molecule has 12 heteroatoms. The summed E-state index contributed by atoms with van der Waals surface area (Å²) in [5.41, 5.74) is 3.92. The minimum absolute atomic E-state index is 0.0946. The van der Waals surface area contributed by atoms with Crippen molar-refractivity contribution in [2.24, 2.45) is 0 Å². The summed E-state index contributed by atoms with van der Waals surface area (Å²) in [6, 6.07) is 1.78. The average Bonchev–Trinajstić information content (AvgIpc) is 2.74. The van der Waals surface area contributed by atoms with Crippen molar-refractivity contribution in [3.63, 3.8) is 0 Å². The maximum Gasteiger partial charge on any atom is 0.434 e. The van der Waals surface area contributed by atoms with E-state index in [0.717, 1.165) is 6.20 Å². The van der Waals surface area contributed by atoms with Gasteiger partial charge in [-0.1, -0.05) is 0 Å². The fraction of sp³-hybridized carbons (Fsp3) is 0.529. The van der Waals surface area contributed by atoms with Gasteiger partial charge in [-0.25, -0.2) is 19.9 Å². The van der Waals surface area contributed by atoms with E-state index in [0.29, 0.717) is 64.2 Å². The van der Waals surface area contributed by atoms with E-state index in [-0.39, 0.29) is 11.4 Å². The average molecular weight is 411 g/mol. The summed E-state index contributed by atoms with van der Waals surface area (Å²) in [7, 11) is 0. The lowest BCUT2D eigenvalue weighted by atomic mass is 10.2. The van der Waals surface area contributed by atoms with Crippen molar-refractivity contribution in [2.45, 2.75) is 6.18 Å². The largest absolute Gasteiger partial charge is 0.434 e. The number of alkyl halides is 3. The molecule has 2 aliphatic rings. The Hall–Kier alpha value is -2.73. The molecular weight excluding hydrogens is 391 g/mol. The molecule has 0 aliphatic carbocycles. The molecule has 2 fully saturated rings. The van der Waals surface area contributed by atoms with Crippen LogP contribution >= 0.6 is 0 Å². The maximum atomic E-state index is 13.6. The Morgan fingerprint density at radius 3 is 1.86 bits per heavy atom. The van der Waals surface area contributed by atoms with Gasteiger partial charge in [-0.05, 0) is 0 Å². The minimum atomic E-state index is -4.72. The summed E-state index contributed by atoms with van der Waals surface area (Å²) in [5, 5.41) is 0. The highest BCUT2D eigenvalue weighted by Crippen LogP contribution is 2.35. The molecule has 2 aliphatic heterocycles. The summed E-state index contributed by atoms with van der Waals surface area (Å²) in [5.74, 6) is 0.510. The lowest BCUT2D eigenvalue weighted by molar-refractivity contribution is -0.140. The summed E-state index contributed by atoms with van der Waals surface area (Å²) in [4.78, 5) is 19.9.